The highest BCUT2D eigenvalue weighted by Crippen LogP contribution is 2.21. The van der Waals surface area contributed by atoms with Crippen molar-refractivity contribution >= 4 is 17.1 Å². The van der Waals surface area contributed by atoms with E-state index in [9.17, 15) is 0 Å². The van der Waals surface area contributed by atoms with Gasteiger partial charge < -0.3 is 16.8 Å². The van der Waals surface area contributed by atoms with Crippen molar-refractivity contribution in [3.05, 3.63) is 54.1 Å². The molecule has 0 saturated carbocycles. The molecule has 0 aliphatic carbocycles. The minimum absolute atomic E-state index is 0.449. The Morgan fingerprint density at radius 2 is 1.72 bits per heavy atom. The SMILES string of the molecule is CC(CNc1ccc(N)c(N)c1)c1ccccc1. The number of anilines is 3. The molecule has 0 amide bonds. The second kappa shape index (κ2) is 5.45. The van der Waals surface area contributed by atoms with Gasteiger partial charge in [0, 0.05) is 12.2 Å². The maximum atomic E-state index is 5.77. The van der Waals surface area contributed by atoms with E-state index < -0.39 is 0 Å². The zero-order valence-corrected chi connectivity index (χ0v) is 10.6. The Labute approximate surface area is 108 Å². The van der Waals surface area contributed by atoms with Gasteiger partial charge in [0.1, 0.15) is 0 Å². The fraction of sp³-hybridized carbons (Fsp3) is 0.200. The Morgan fingerprint density at radius 1 is 1.00 bits per heavy atom. The van der Waals surface area contributed by atoms with Crippen molar-refractivity contribution < 1.29 is 0 Å². The maximum absolute atomic E-state index is 5.77. The lowest BCUT2D eigenvalue weighted by Gasteiger charge is -2.14. The first-order valence-corrected chi connectivity index (χ1v) is 6.10. The van der Waals surface area contributed by atoms with Gasteiger partial charge in [-0.05, 0) is 29.7 Å². The summed E-state index contributed by atoms with van der Waals surface area (Å²) in [6.07, 6.45) is 0. The summed E-state index contributed by atoms with van der Waals surface area (Å²) in [6.45, 7) is 3.07. The number of nitrogens with one attached hydrogen (secondary N) is 1. The van der Waals surface area contributed by atoms with Gasteiger partial charge in [-0.1, -0.05) is 37.3 Å². The molecule has 0 aromatic heterocycles. The van der Waals surface area contributed by atoms with Crippen LogP contribution in [0.4, 0.5) is 17.1 Å². The largest absolute Gasteiger partial charge is 0.397 e. The van der Waals surface area contributed by atoms with E-state index in [2.05, 4.69) is 36.5 Å². The molecule has 2 aromatic rings. The lowest BCUT2D eigenvalue weighted by Crippen LogP contribution is -2.10. The minimum atomic E-state index is 0.449. The number of hydrogen-bond donors (Lipinski definition) is 3. The van der Waals surface area contributed by atoms with Crippen molar-refractivity contribution in [2.24, 2.45) is 0 Å². The highest BCUT2D eigenvalue weighted by Gasteiger charge is 2.04. The topological polar surface area (TPSA) is 64.1 Å². The van der Waals surface area contributed by atoms with E-state index in [1.54, 1.807) is 0 Å². The number of nitrogens with two attached hydrogens (primary N) is 2. The predicted octanol–water partition coefficient (Wildman–Crippen LogP) is 3.07. The Bertz CT molecular complexity index is 508. The quantitative estimate of drug-likeness (QED) is 0.721. The van der Waals surface area contributed by atoms with Crippen LogP contribution in [0.3, 0.4) is 0 Å². The first-order chi connectivity index (χ1) is 8.66. The summed E-state index contributed by atoms with van der Waals surface area (Å²) in [4.78, 5) is 0. The molecule has 0 spiro atoms. The second-order valence-corrected chi connectivity index (χ2v) is 4.54. The molecule has 3 nitrogen and oxygen atoms in total. The van der Waals surface area contributed by atoms with Gasteiger partial charge in [-0.3, -0.25) is 0 Å². The molecule has 0 fully saturated rings. The zero-order valence-electron chi connectivity index (χ0n) is 10.6. The molecule has 94 valence electrons. The van der Waals surface area contributed by atoms with Crippen LogP contribution in [0.2, 0.25) is 0 Å². The van der Waals surface area contributed by atoms with Crippen LogP contribution >= 0.6 is 0 Å². The molecule has 1 atom stereocenters. The fourth-order valence-electron chi connectivity index (χ4n) is 1.86. The first-order valence-electron chi connectivity index (χ1n) is 6.10. The Kier molecular flexibility index (Phi) is 3.72. The number of rotatable bonds is 4. The molecule has 2 aromatic carbocycles. The Hall–Kier alpha value is -2.16. The van der Waals surface area contributed by atoms with E-state index in [4.69, 9.17) is 11.5 Å². The van der Waals surface area contributed by atoms with Crippen molar-refractivity contribution in [3.8, 4) is 0 Å². The molecule has 0 heterocycles. The van der Waals surface area contributed by atoms with Crippen LogP contribution in [0.1, 0.15) is 18.4 Å². The van der Waals surface area contributed by atoms with E-state index in [0.717, 1.165) is 12.2 Å². The molecule has 3 heteroatoms. The molecule has 0 aliphatic rings. The van der Waals surface area contributed by atoms with Gasteiger partial charge >= 0.3 is 0 Å². The van der Waals surface area contributed by atoms with E-state index in [0.29, 0.717) is 17.3 Å². The summed E-state index contributed by atoms with van der Waals surface area (Å²) in [6, 6.07) is 16.1. The summed E-state index contributed by atoms with van der Waals surface area (Å²) >= 11 is 0. The van der Waals surface area contributed by atoms with Crippen molar-refractivity contribution in [3.63, 3.8) is 0 Å². The van der Waals surface area contributed by atoms with Gasteiger partial charge in [0.25, 0.3) is 0 Å². The average molecular weight is 241 g/mol. The highest BCUT2D eigenvalue weighted by molar-refractivity contribution is 5.69. The smallest absolute Gasteiger partial charge is 0.0568 e. The standard InChI is InChI=1S/C15H19N3/c1-11(12-5-3-2-4-6-12)10-18-13-7-8-14(16)15(17)9-13/h2-9,11,18H,10,16-17H2,1H3. The van der Waals surface area contributed by atoms with Crippen molar-refractivity contribution in [2.75, 3.05) is 23.3 Å². The van der Waals surface area contributed by atoms with Gasteiger partial charge in [0.2, 0.25) is 0 Å². The van der Waals surface area contributed by atoms with Gasteiger partial charge in [-0.25, -0.2) is 0 Å². The summed E-state index contributed by atoms with van der Waals surface area (Å²) in [5.74, 6) is 0.449. The van der Waals surface area contributed by atoms with Gasteiger partial charge in [-0.2, -0.15) is 0 Å². The summed E-state index contributed by atoms with van der Waals surface area (Å²) in [5.41, 5.74) is 15.0. The fourth-order valence-corrected chi connectivity index (χ4v) is 1.86. The van der Waals surface area contributed by atoms with Crippen LogP contribution in [-0.2, 0) is 0 Å². The third-order valence-electron chi connectivity index (χ3n) is 3.07. The molecule has 18 heavy (non-hydrogen) atoms. The monoisotopic (exact) mass is 241 g/mol. The van der Waals surface area contributed by atoms with Gasteiger partial charge in [0.05, 0.1) is 11.4 Å². The van der Waals surface area contributed by atoms with Crippen molar-refractivity contribution in [1.29, 1.82) is 0 Å². The molecule has 0 saturated heterocycles. The Balaban J connectivity index is 1.97. The molecule has 5 N–H and O–H groups in total. The Morgan fingerprint density at radius 3 is 2.39 bits per heavy atom. The first kappa shape index (κ1) is 12.3. The number of nitrogen functional groups attached to an aromatic ring is 2. The number of hydrogen-bond acceptors (Lipinski definition) is 3. The van der Waals surface area contributed by atoms with Gasteiger partial charge in [-0.15, -0.1) is 0 Å². The van der Waals surface area contributed by atoms with Crippen LogP contribution in [0.15, 0.2) is 48.5 Å². The second-order valence-electron chi connectivity index (χ2n) is 4.54. The highest BCUT2D eigenvalue weighted by atomic mass is 14.9. The third kappa shape index (κ3) is 2.94. The summed E-state index contributed by atoms with van der Waals surface area (Å²) in [5, 5.41) is 3.38. The lowest BCUT2D eigenvalue weighted by molar-refractivity contribution is 0.805. The molecule has 1 unspecified atom stereocenters. The van der Waals surface area contributed by atoms with E-state index in [-0.39, 0.29) is 0 Å². The van der Waals surface area contributed by atoms with Crippen LogP contribution in [-0.4, -0.2) is 6.54 Å². The molecule has 2 rings (SSSR count). The normalized spacial score (nSPS) is 12.1. The van der Waals surface area contributed by atoms with Crippen LogP contribution in [0, 0.1) is 0 Å². The van der Waals surface area contributed by atoms with Crippen molar-refractivity contribution in [1.82, 2.24) is 0 Å². The van der Waals surface area contributed by atoms with Crippen LogP contribution in [0.25, 0.3) is 0 Å². The van der Waals surface area contributed by atoms with E-state index in [1.807, 2.05) is 24.3 Å². The summed E-state index contributed by atoms with van der Waals surface area (Å²) in [7, 11) is 0. The lowest BCUT2D eigenvalue weighted by atomic mass is 10.0. The van der Waals surface area contributed by atoms with Crippen LogP contribution in [0.5, 0.6) is 0 Å². The minimum Gasteiger partial charge on any atom is -0.397 e. The predicted molar refractivity (Wildman–Crippen MR) is 78.6 cm³/mol. The van der Waals surface area contributed by atoms with E-state index in [1.165, 1.54) is 5.56 Å². The molecular weight excluding hydrogens is 222 g/mol. The zero-order chi connectivity index (χ0) is 13.0. The van der Waals surface area contributed by atoms with E-state index >= 15 is 0 Å². The van der Waals surface area contributed by atoms with Crippen molar-refractivity contribution in [2.45, 2.75) is 12.8 Å². The molecular formula is C15H19N3. The average Bonchev–Trinajstić information content (AvgIpc) is 2.41. The maximum Gasteiger partial charge on any atom is 0.0568 e. The number of benzene rings is 2. The van der Waals surface area contributed by atoms with Crippen LogP contribution < -0.4 is 16.8 Å². The summed E-state index contributed by atoms with van der Waals surface area (Å²) < 4.78 is 0. The molecule has 0 aliphatic heterocycles. The van der Waals surface area contributed by atoms with Gasteiger partial charge in [0.15, 0.2) is 0 Å². The third-order valence-corrected chi connectivity index (χ3v) is 3.07. The molecule has 0 radical (unpaired) electrons. The molecule has 0 bridgehead atoms.